The van der Waals surface area contributed by atoms with E-state index in [2.05, 4.69) is 0 Å². The lowest BCUT2D eigenvalue weighted by Crippen LogP contribution is -2.43. The van der Waals surface area contributed by atoms with E-state index in [0.717, 1.165) is 11.3 Å². The van der Waals surface area contributed by atoms with Crippen LogP contribution in [0.25, 0.3) is 0 Å². The van der Waals surface area contributed by atoms with E-state index in [1.807, 2.05) is 24.3 Å². The van der Waals surface area contributed by atoms with Gasteiger partial charge in [0.25, 0.3) is 0 Å². The van der Waals surface area contributed by atoms with Crippen LogP contribution in [0.4, 0.5) is 0 Å². The number of rotatable bonds is 2. The Morgan fingerprint density at radius 1 is 1.08 bits per heavy atom. The van der Waals surface area contributed by atoms with Gasteiger partial charge in [-0.05, 0) is 36.5 Å². The Kier molecular flexibility index (Phi) is 4.28. The summed E-state index contributed by atoms with van der Waals surface area (Å²) in [5.41, 5.74) is 1.40. The molecule has 1 saturated carbocycles. The fourth-order valence-corrected chi connectivity index (χ4v) is 4.26. The van der Waals surface area contributed by atoms with E-state index >= 15 is 0 Å². The van der Waals surface area contributed by atoms with Gasteiger partial charge in [-0.2, -0.15) is 0 Å². The molecule has 25 heavy (non-hydrogen) atoms. The van der Waals surface area contributed by atoms with Crippen LogP contribution in [0, 0.1) is 5.92 Å². The number of hydrogen-bond acceptors (Lipinski definition) is 4. The zero-order valence-electron chi connectivity index (χ0n) is 14.6. The van der Waals surface area contributed by atoms with Gasteiger partial charge >= 0.3 is 5.97 Å². The molecule has 0 N–H and O–H groups in total. The first-order valence-electron chi connectivity index (χ1n) is 8.99. The minimum Gasteiger partial charge on any atom is -0.456 e. The molecule has 2 heterocycles. The number of cyclic esters (lactones) is 1. The molecule has 0 unspecified atom stereocenters. The van der Waals surface area contributed by atoms with E-state index in [1.54, 1.807) is 13.8 Å². The first-order chi connectivity index (χ1) is 11.9. The van der Waals surface area contributed by atoms with E-state index in [-0.39, 0.29) is 12.1 Å². The summed E-state index contributed by atoms with van der Waals surface area (Å²) in [7, 11) is 0. The van der Waals surface area contributed by atoms with Crippen molar-refractivity contribution in [3.8, 4) is 0 Å². The first-order valence-corrected chi connectivity index (χ1v) is 9.37. The van der Waals surface area contributed by atoms with Gasteiger partial charge in [0.15, 0.2) is 0 Å². The minimum absolute atomic E-state index is 0.0728. The van der Waals surface area contributed by atoms with Crippen LogP contribution in [0.15, 0.2) is 35.6 Å². The van der Waals surface area contributed by atoms with E-state index in [1.165, 1.54) is 25.7 Å². The van der Waals surface area contributed by atoms with Crippen LogP contribution in [0.3, 0.4) is 0 Å². The molecule has 1 aromatic rings. The van der Waals surface area contributed by atoms with Gasteiger partial charge in [-0.3, -0.25) is 0 Å². The molecule has 1 aliphatic carbocycles. The Hall–Kier alpha value is -1.52. The Morgan fingerprint density at radius 3 is 2.44 bits per heavy atom. The van der Waals surface area contributed by atoms with Crippen molar-refractivity contribution >= 4 is 17.6 Å². The van der Waals surface area contributed by atoms with Gasteiger partial charge < -0.3 is 14.2 Å². The molecule has 2 aliphatic heterocycles. The summed E-state index contributed by atoms with van der Waals surface area (Å²) in [5, 5.41) is 0.657. The molecule has 1 fully saturated rings. The molecule has 0 radical (unpaired) electrons. The number of hydrogen-bond donors (Lipinski definition) is 0. The average Bonchev–Trinajstić information content (AvgIpc) is 3.07. The van der Waals surface area contributed by atoms with Gasteiger partial charge in [0.2, 0.25) is 5.79 Å². The van der Waals surface area contributed by atoms with Crippen molar-refractivity contribution < 1.29 is 19.0 Å². The van der Waals surface area contributed by atoms with Crippen molar-refractivity contribution in [2.45, 2.75) is 63.9 Å². The molecular formula is C20H23ClO4. The standard InChI is InChI=1S/C20H23ClO4/c1-20(2)24-16-11-15(12-5-3-4-6-12)23-18(17(16)19(22)25-20)13-7-9-14(21)10-8-13/h7-10,12,15,18H,3-6,11H2,1-2H3/t15-,18-/m0/s1. The maximum atomic E-state index is 12.7. The number of carbonyl (C=O) groups is 1. The van der Waals surface area contributed by atoms with Gasteiger partial charge in [0.1, 0.15) is 17.4 Å². The van der Waals surface area contributed by atoms with E-state index in [9.17, 15) is 4.79 Å². The molecule has 5 heteroatoms. The van der Waals surface area contributed by atoms with Gasteiger partial charge in [-0.15, -0.1) is 0 Å². The van der Waals surface area contributed by atoms with Crippen molar-refractivity contribution in [2.24, 2.45) is 5.92 Å². The predicted octanol–water partition coefficient (Wildman–Crippen LogP) is 4.92. The summed E-state index contributed by atoms with van der Waals surface area (Å²) < 4.78 is 17.9. The molecule has 0 amide bonds. The number of benzene rings is 1. The second-order valence-electron chi connectivity index (χ2n) is 7.58. The number of carbonyl (C=O) groups excluding carboxylic acids is 1. The molecule has 134 valence electrons. The second-order valence-corrected chi connectivity index (χ2v) is 8.02. The van der Waals surface area contributed by atoms with E-state index in [4.69, 9.17) is 25.8 Å². The highest BCUT2D eigenvalue weighted by molar-refractivity contribution is 6.30. The topological polar surface area (TPSA) is 44.8 Å². The van der Waals surface area contributed by atoms with Crippen molar-refractivity contribution in [1.29, 1.82) is 0 Å². The summed E-state index contributed by atoms with van der Waals surface area (Å²) in [4.78, 5) is 12.7. The molecule has 3 aliphatic rings. The molecule has 0 aromatic heterocycles. The Bertz CT molecular complexity index is 701. The first kappa shape index (κ1) is 16.9. The smallest absolute Gasteiger partial charge is 0.343 e. The fraction of sp³-hybridized carbons (Fsp3) is 0.550. The molecule has 0 spiro atoms. The molecule has 4 nitrogen and oxygen atoms in total. The SMILES string of the molecule is CC1(C)OC(=O)C2=C(C[C@@H](C3CCCC3)O[C@H]2c2ccc(Cl)cc2)O1. The fourth-order valence-electron chi connectivity index (χ4n) is 4.13. The van der Waals surface area contributed by atoms with Gasteiger partial charge in [0.05, 0.1) is 6.10 Å². The Morgan fingerprint density at radius 2 is 1.76 bits per heavy atom. The lowest BCUT2D eigenvalue weighted by Gasteiger charge is -2.42. The lowest BCUT2D eigenvalue weighted by atomic mass is 9.89. The largest absolute Gasteiger partial charge is 0.456 e. The maximum absolute atomic E-state index is 12.7. The molecule has 0 bridgehead atoms. The van der Waals surface area contributed by atoms with Crippen molar-refractivity contribution in [2.75, 3.05) is 0 Å². The Labute approximate surface area is 153 Å². The quantitative estimate of drug-likeness (QED) is 0.700. The summed E-state index contributed by atoms with van der Waals surface area (Å²) in [6.07, 6.45) is 5.09. The third kappa shape index (κ3) is 3.30. The lowest BCUT2D eigenvalue weighted by molar-refractivity contribution is -0.218. The zero-order chi connectivity index (χ0) is 17.6. The Balaban J connectivity index is 1.73. The third-order valence-corrected chi connectivity index (χ3v) is 5.54. The summed E-state index contributed by atoms with van der Waals surface area (Å²) in [6, 6.07) is 7.45. The number of esters is 1. The van der Waals surface area contributed by atoms with Gasteiger partial charge in [-0.1, -0.05) is 36.6 Å². The normalized spacial score (nSPS) is 29.2. The van der Waals surface area contributed by atoms with Crippen LogP contribution in [0.5, 0.6) is 0 Å². The van der Waals surface area contributed by atoms with Gasteiger partial charge in [0, 0.05) is 25.3 Å². The van der Waals surface area contributed by atoms with Crippen LogP contribution >= 0.6 is 11.6 Å². The van der Waals surface area contributed by atoms with Crippen molar-refractivity contribution in [1.82, 2.24) is 0 Å². The molecular weight excluding hydrogens is 340 g/mol. The number of ether oxygens (including phenoxy) is 3. The zero-order valence-corrected chi connectivity index (χ0v) is 15.3. The molecule has 1 aromatic carbocycles. The van der Waals surface area contributed by atoms with E-state index in [0.29, 0.717) is 22.9 Å². The summed E-state index contributed by atoms with van der Waals surface area (Å²) in [6.45, 7) is 3.54. The highest BCUT2D eigenvalue weighted by Crippen LogP contribution is 2.46. The van der Waals surface area contributed by atoms with E-state index < -0.39 is 11.9 Å². The molecule has 0 saturated heterocycles. The van der Waals surface area contributed by atoms with Crippen LogP contribution in [-0.4, -0.2) is 17.9 Å². The summed E-state index contributed by atoms with van der Waals surface area (Å²) >= 11 is 6.02. The van der Waals surface area contributed by atoms with Crippen LogP contribution in [0.1, 0.15) is 57.6 Å². The molecule has 2 atom stereocenters. The summed E-state index contributed by atoms with van der Waals surface area (Å²) in [5.74, 6) is -0.0354. The van der Waals surface area contributed by atoms with Gasteiger partial charge in [-0.25, -0.2) is 4.79 Å². The van der Waals surface area contributed by atoms with Crippen LogP contribution in [-0.2, 0) is 19.0 Å². The minimum atomic E-state index is -0.933. The van der Waals surface area contributed by atoms with Crippen molar-refractivity contribution in [3.63, 3.8) is 0 Å². The van der Waals surface area contributed by atoms with Crippen LogP contribution in [0.2, 0.25) is 5.02 Å². The number of halogens is 1. The monoisotopic (exact) mass is 362 g/mol. The average molecular weight is 363 g/mol. The third-order valence-electron chi connectivity index (χ3n) is 5.29. The predicted molar refractivity (Wildman–Crippen MR) is 93.9 cm³/mol. The highest BCUT2D eigenvalue weighted by Gasteiger charge is 2.46. The maximum Gasteiger partial charge on any atom is 0.343 e. The highest BCUT2D eigenvalue weighted by atomic mass is 35.5. The van der Waals surface area contributed by atoms with Crippen molar-refractivity contribution in [3.05, 3.63) is 46.2 Å². The second kappa shape index (κ2) is 6.33. The molecule has 4 rings (SSSR count). The van der Waals surface area contributed by atoms with Crippen LogP contribution < -0.4 is 0 Å².